The van der Waals surface area contributed by atoms with E-state index in [1.54, 1.807) is 34.3 Å². The van der Waals surface area contributed by atoms with Crippen molar-refractivity contribution in [3.63, 3.8) is 0 Å². The maximum absolute atomic E-state index is 12.5. The molecule has 0 spiro atoms. The Labute approximate surface area is 200 Å². The Morgan fingerprint density at radius 1 is 1.09 bits per heavy atom. The van der Waals surface area contributed by atoms with Gasteiger partial charge in [0.05, 0.1) is 39.0 Å². The van der Waals surface area contributed by atoms with E-state index in [-0.39, 0.29) is 12.5 Å². The maximum atomic E-state index is 12.5. The fourth-order valence-corrected chi connectivity index (χ4v) is 4.30. The molecule has 0 aliphatic rings. The fourth-order valence-electron chi connectivity index (χ4n) is 3.31. The standard InChI is InChI=1S/C24H21ClN4O3S/c1-15-22(25)16(2)29(27-15)21-11-9-18(10-12-21)23(31)32-13-19-14-33-24(26-19)28(17(3)30)20-7-5-4-6-8-20/h4-12,14H,13H2,1-3H3. The molecule has 7 nitrogen and oxygen atoms in total. The molecule has 9 heteroatoms. The first-order valence-corrected chi connectivity index (χ1v) is 11.4. The lowest BCUT2D eigenvalue weighted by molar-refractivity contribution is -0.115. The van der Waals surface area contributed by atoms with Crippen LogP contribution < -0.4 is 4.90 Å². The van der Waals surface area contributed by atoms with Gasteiger partial charge >= 0.3 is 5.97 Å². The number of ether oxygens (including phenoxy) is 1. The van der Waals surface area contributed by atoms with Crippen LogP contribution in [0.3, 0.4) is 0 Å². The van der Waals surface area contributed by atoms with Crippen LogP contribution in [0, 0.1) is 13.8 Å². The first kappa shape index (κ1) is 22.7. The number of halogens is 1. The zero-order valence-electron chi connectivity index (χ0n) is 18.3. The van der Waals surface area contributed by atoms with Crippen LogP contribution in [-0.4, -0.2) is 26.6 Å². The minimum absolute atomic E-state index is 0.00465. The highest BCUT2D eigenvalue weighted by Crippen LogP contribution is 2.29. The molecule has 0 N–H and O–H groups in total. The van der Waals surface area contributed by atoms with Gasteiger partial charge in [-0.3, -0.25) is 9.69 Å². The van der Waals surface area contributed by atoms with E-state index < -0.39 is 5.97 Å². The van der Waals surface area contributed by atoms with Crippen molar-refractivity contribution >= 4 is 45.6 Å². The van der Waals surface area contributed by atoms with Crippen LogP contribution in [0.5, 0.6) is 0 Å². The summed E-state index contributed by atoms with van der Waals surface area (Å²) in [5.74, 6) is -0.614. The third kappa shape index (κ3) is 4.81. The van der Waals surface area contributed by atoms with Crippen molar-refractivity contribution in [2.24, 2.45) is 0 Å². The second-order valence-corrected chi connectivity index (χ2v) is 8.55. The van der Waals surface area contributed by atoms with Gasteiger partial charge in [-0.1, -0.05) is 29.8 Å². The highest BCUT2D eigenvalue weighted by Gasteiger charge is 2.18. The highest BCUT2D eigenvalue weighted by atomic mass is 35.5. The van der Waals surface area contributed by atoms with E-state index >= 15 is 0 Å². The predicted molar refractivity (Wildman–Crippen MR) is 129 cm³/mol. The number of para-hydroxylation sites is 1. The van der Waals surface area contributed by atoms with E-state index in [1.807, 2.05) is 44.2 Å². The smallest absolute Gasteiger partial charge is 0.338 e. The number of carbonyl (C=O) groups excluding carboxylic acids is 2. The second kappa shape index (κ2) is 9.56. The summed E-state index contributed by atoms with van der Waals surface area (Å²) in [6.45, 7) is 5.22. The molecular weight excluding hydrogens is 460 g/mol. The van der Waals surface area contributed by atoms with Crippen molar-refractivity contribution in [2.45, 2.75) is 27.4 Å². The van der Waals surface area contributed by atoms with E-state index in [9.17, 15) is 9.59 Å². The lowest BCUT2D eigenvalue weighted by atomic mass is 10.2. The maximum Gasteiger partial charge on any atom is 0.338 e. The third-order valence-corrected chi connectivity index (χ3v) is 6.38. The number of thiazole rings is 1. The number of benzene rings is 2. The number of anilines is 2. The molecule has 168 valence electrons. The van der Waals surface area contributed by atoms with Crippen LogP contribution in [0.1, 0.15) is 34.4 Å². The molecule has 0 aliphatic heterocycles. The summed E-state index contributed by atoms with van der Waals surface area (Å²) in [4.78, 5) is 30.7. The number of hydrogen-bond donors (Lipinski definition) is 0. The Kier molecular flexibility index (Phi) is 6.57. The predicted octanol–water partition coefficient (Wildman–Crippen LogP) is 5.64. The van der Waals surface area contributed by atoms with E-state index in [2.05, 4.69) is 10.1 Å². The highest BCUT2D eigenvalue weighted by molar-refractivity contribution is 7.14. The van der Waals surface area contributed by atoms with Crippen molar-refractivity contribution in [2.75, 3.05) is 4.90 Å². The minimum atomic E-state index is -0.464. The molecule has 0 bridgehead atoms. The average Bonchev–Trinajstić information content (AvgIpc) is 3.38. The Bertz CT molecular complexity index is 1300. The first-order valence-electron chi connectivity index (χ1n) is 10.1. The number of nitrogens with zero attached hydrogens (tertiary/aromatic N) is 4. The number of rotatable bonds is 6. The number of aryl methyl sites for hydroxylation is 1. The van der Waals surface area contributed by atoms with Crippen LogP contribution >= 0.6 is 22.9 Å². The quantitative estimate of drug-likeness (QED) is 0.334. The molecule has 0 saturated heterocycles. The first-order chi connectivity index (χ1) is 15.8. The van der Waals surface area contributed by atoms with Gasteiger partial charge in [-0.05, 0) is 50.2 Å². The summed E-state index contributed by atoms with van der Waals surface area (Å²) < 4.78 is 7.16. The summed E-state index contributed by atoms with van der Waals surface area (Å²) in [5.41, 5.74) is 4.09. The number of aromatic nitrogens is 3. The molecule has 2 aromatic carbocycles. The van der Waals surface area contributed by atoms with Gasteiger partial charge in [0, 0.05) is 12.3 Å². The molecule has 33 heavy (non-hydrogen) atoms. The van der Waals surface area contributed by atoms with Crippen LogP contribution in [-0.2, 0) is 16.1 Å². The average molecular weight is 481 g/mol. The van der Waals surface area contributed by atoms with Gasteiger partial charge in [0.25, 0.3) is 0 Å². The van der Waals surface area contributed by atoms with Gasteiger partial charge < -0.3 is 4.74 Å². The molecule has 4 rings (SSSR count). The van der Waals surface area contributed by atoms with Gasteiger partial charge in [-0.25, -0.2) is 14.5 Å². The zero-order chi connectivity index (χ0) is 23.5. The van der Waals surface area contributed by atoms with E-state index in [0.717, 1.165) is 22.8 Å². The lowest BCUT2D eigenvalue weighted by Crippen LogP contribution is -2.22. The van der Waals surface area contributed by atoms with Crippen molar-refractivity contribution in [1.82, 2.24) is 14.8 Å². The molecule has 1 amide bonds. The van der Waals surface area contributed by atoms with E-state index in [1.165, 1.54) is 23.2 Å². The molecule has 4 aromatic rings. The van der Waals surface area contributed by atoms with Gasteiger partial charge in [0.15, 0.2) is 5.13 Å². The van der Waals surface area contributed by atoms with Crippen LogP contribution in [0.2, 0.25) is 5.02 Å². The number of hydrogen-bond acceptors (Lipinski definition) is 6. The molecular formula is C24H21ClN4O3S. The van der Waals surface area contributed by atoms with Gasteiger partial charge in [-0.2, -0.15) is 5.10 Å². The molecule has 2 heterocycles. The third-order valence-electron chi connectivity index (χ3n) is 4.96. The normalized spacial score (nSPS) is 10.8. The van der Waals surface area contributed by atoms with Gasteiger partial charge in [0.1, 0.15) is 6.61 Å². The Balaban J connectivity index is 1.43. The minimum Gasteiger partial charge on any atom is -0.456 e. The van der Waals surface area contributed by atoms with Crippen molar-refractivity contribution < 1.29 is 14.3 Å². The monoisotopic (exact) mass is 480 g/mol. The molecule has 2 aromatic heterocycles. The molecule has 0 saturated carbocycles. The molecule has 0 fully saturated rings. The Morgan fingerprint density at radius 3 is 2.39 bits per heavy atom. The molecule has 0 atom stereocenters. The molecule has 0 aliphatic carbocycles. The van der Waals surface area contributed by atoms with Crippen molar-refractivity contribution in [3.8, 4) is 5.69 Å². The van der Waals surface area contributed by atoms with Gasteiger partial charge in [0.2, 0.25) is 5.91 Å². The van der Waals surface area contributed by atoms with Crippen LogP contribution in [0.15, 0.2) is 60.0 Å². The van der Waals surface area contributed by atoms with Gasteiger partial charge in [-0.15, -0.1) is 11.3 Å². The fraction of sp³-hybridized carbons (Fsp3) is 0.167. The summed E-state index contributed by atoms with van der Waals surface area (Å²) >= 11 is 7.53. The molecule has 0 radical (unpaired) electrons. The van der Waals surface area contributed by atoms with E-state index in [0.29, 0.717) is 21.4 Å². The number of esters is 1. The summed E-state index contributed by atoms with van der Waals surface area (Å²) in [5, 5.41) is 7.33. The number of carbonyl (C=O) groups is 2. The summed E-state index contributed by atoms with van der Waals surface area (Å²) in [6, 6.07) is 16.2. The second-order valence-electron chi connectivity index (χ2n) is 7.33. The summed E-state index contributed by atoms with van der Waals surface area (Å²) in [6.07, 6.45) is 0. The van der Waals surface area contributed by atoms with Crippen LogP contribution in [0.4, 0.5) is 10.8 Å². The zero-order valence-corrected chi connectivity index (χ0v) is 19.9. The topological polar surface area (TPSA) is 77.3 Å². The SMILES string of the molecule is CC(=O)N(c1ccccc1)c1nc(COC(=O)c2ccc(-n3nc(C)c(Cl)c3C)cc2)cs1. The number of amides is 1. The lowest BCUT2D eigenvalue weighted by Gasteiger charge is -2.17. The van der Waals surface area contributed by atoms with E-state index in [4.69, 9.17) is 16.3 Å². The Morgan fingerprint density at radius 2 is 1.79 bits per heavy atom. The molecule has 0 unspecified atom stereocenters. The summed E-state index contributed by atoms with van der Waals surface area (Å²) in [7, 11) is 0. The van der Waals surface area contributed by atoms with Crippen molar-refractivity contribution in [3.05, 3.63) is 87.6 Å². The van der Waals surface area contributed by atoms with Crippen LogP contribution in [0.25, 0.3) is 5.69 Å². The van der Waals surface area contributed by atoms with Crippen molar-refractivity contribution in [1.29, 1.82) is 0 Å². The Hall–Kier alpha value is -3.49. The largest absolute Gasteiger partial charge is 0.456 e.